The van der Waals surface area contributed by atoms with Crippen molar-refractivity contribution in [2.24, 2.45) is 5.92 Å². The van der Waals surface area contributed by atoms with Gasteiger partial charge in [-0.1, -0.05) is 13.0 Å². The summed E-state index contributed by atoms with van der Waals surface area (Å²) in [5, 5.41) is 13.7. The second-order valence-corrected chi connectivity index (χ2v) is 7.78. The lowest BCUT2D eigenvalue weighted by Gasteiger charge is -2.32. The van der Waals surface area contributed by atoms with Crippen LogP contribution in [0.15, 0.2) is 30.5 Å². The molecule has 3 aromatic heterocycles. The number of halogens is 3. The number of fused-ring (bicyclic) bond motifs is 1. The van der Waals surface area contributed by atoms with Crippen molar-refractivity contribution in [3.8, 4) is 5.88 Å². The number of aromatic nitrogens is 5. The highest BCUT2D eigenvalue weighted by Crippen LogP contribution is 2.28. The second kappa shape index (κ2) is 9.59. The van der Waals surface area contributed by atoms with Crippen molar-refractivity contribution < 1.29 is 22.7 Å². The van der Waals surface area contributed by atoms with Crippen LogP contribution >= 0.6 is 0 Å². The van der Waals surface area contributed by atoms with Gasteiger partial charge in [0.25, 0.3) is 5.82 Å². The van der Waals surface area contributed by atoms with E-state index in [9.17, 15) is 18.0 Å². The Labute approximate surface area is 188 Å². The van der Waals surface area contributed by atoms with Crippen molar-refractivity contribution in [3.05, 3.63) is 41.9 Å². The lowest BCUT2D eigenvalue weighted by molar-refractivity contribution is -0.146. The van der Waals surface area contributed by atoms with Crippen molar-refractivity contribution in [2.75, 3.05) is 24.6 Å². The summed E-state index contributed by atoms with van der Waals surface area (Å²) in [6.45, 7) is 3.87. The summed E-state index contributed by atoms with van der Waals surface area (Å²) in [6.07, 6.45) is -1.02. The molecule has 0 bridgehead atoms. The summed E-state index contributed by atoms with van der Waals surface area (Å²) in [5.41, 5.74) is 0.835. The summed E-state index contributed by atoms with van der Waals surface area (Å²) < 4.78 is 45.7. The Morgan fingerprint density at radius 2 is 2.00 bits per heavy atom. The number of rotatable bonds is 7. The molecule has 12 heteroatoms. The molecular formula is C21H24F3N7O2. The van der Waals surface area contributed by atoms with Crippen molar-refractivity contribution in [3.63, 3.8) is 0 Å². The third kappa shape index (κ3) is 5.15. The number of pyridine rings is 1. The molecule has 0 atom stereocenters. The SMILES string of the molecule is CCCOc1ncccc1CNC(=O)C1CCN(c2ccc3nnc(C(F)(F)F)n3n2)CC1. The minimum atomic E-state index is -4.65. The lowest BCUT2D eigenvalue weighted by atomic mass is 9.96. The number of anilines is 1. The summed E-state index contributed by atoms with van der Waals surface area (Å²) in [7, 11) is 0. The zero-order valence-corrected chi connectivity index (χ0v) is 18.0. The van der Waals surface area contributed by atoms with Gasteiger partial charge in [-0.05, 0) is 37.5 Å². The van der Waals surface area contributed by atoms with E-state index >= 15 is 0 Å². The van der Waals surface area contributed by atoms with Gasteiger partial charge in [-0.25, -0.2) is 4.98 Å². The monoisotopic (exact) mass is 463 g/mol. The summed E-state index contributed by atoms with van der Waals surface area (Å²) in [6, 6.07) is 6.73. The van der Waals surface area contributed by atoms with Crippen LogP contribution in [0.5, 0.6) is 5.88 Å². The molecule has 4 heterocycles. The van der Waals surface area contributed by atoms with Crippen molar-refractivity contribution in [1.82, 2.24) is 30.1 Å². The van der Waals surface area contributed by atoms with Gasteiger partial charge in [-0.15, -0.1) is 15.3 Å². The number of nitrogens with zero attached hydrogens (tertiary/aromatic N) is 6. The summed E-state index contributed by atoms with van der Waals surface area (Å²) in [4.78, 5) is 18.8. The topological polar surface area (TPSA) is 97.5 Å². The number of nitrogens with one attached hydrogen (secondary N) is 1. The molecule has 0 radical (unpaired) electrons. The molecule has 176 valence electrons. The molecule has 1 N–H and O–H groups in total. The van der Waals surface area contributed by atoms with Crippen LogP contribution in [0.3, 0.4) is 0 Å². The molecule has 0 spiro atoms. The van der Waals surface area contributed by atoms with E-state index in [1.54, 1.807) is 18.3 Å². The number of alkyl halides is 3. The maximum atomic E-state index is 13.1. The quantitative estimate of drug-likeness (QED) is 0.575. The van der Waals surface area contributed by atoms with Crippen molar-refractivity contribution in [1.29, 1.82) is 0 Å². The van der Waals surface area contributed by atoms with Crippen LogP contribution in [0.1, 0.15) is 37.6 Å². The molecule has 1 aliphatic heterocycles. The van der Waals surface area contributed by atoms with Gasteiger partial charge in [0.05, 0.1) is 6.61 Å². The molecule has 0 aromatic carbocycles. The highest BCUT2D eigenvalue weighted by molar-refractivity contribution is 5.79. The minimum Gasteiger partial charge on any atom is -0.477 e. The predicted octanol–water partition coefficient (Wildman–Crippen LogP) is 2.86. The average molecular weight is 463 g/mol. The van der Waals surface area contributed by atoms with Crippen molar-refractivity contribution >= 4 is 17.4 Å². The van der Waals surface area contributed by atoms with Gasteiger partial charge in [-0.3, -0.25) is 4.79 Å². The van der Waals surface area contributed by atoms with Crippen LogP contribution in [0, 0.1) is 5.92 Å². The fourth-order valence-corrected chi connectivity index (χ4v) is 3.71. The number of amides is 1. The van der Waals surface area contributed by atoms with E-state index < -0.39 is 12.0 Å². The van der Waals surface area contributed by atoms with E-state index in [0.717, 1.165) is 12.0 Å². The smallest absolute Gasteiger partial charge is 0.453 e. The Morgan fingerprint density at radius 3 is 2.73 bits per heavy atom. The zero-order chi connectivity index (χ0) is 23.4. The number of hydrogen-bond donors (Lipinski definition) is 1. The van der Waals surface area contributed by atoms with Gasteiger partial charge < -0.3 is 15.0 Å². The third-order valence-corrected chi connectivity index (χ3v) is 5.44. The van der Waals surface area contributed by atoms with E-state index in [1.165, 1.54) is 6.07 Å². The largest absolute Gasteiger partial charge is 0.477 e. The van der Waals surface area contributed by atoms with Gasteiger partial charge in [-0.2, -0.15) is 17.7 Å². The molecule has 0 aliphatic carbocycles. The first-order chi connectivity index (χ1) is 15.9. The normalized spacial score (nSPS) is 15.1. The molecule has 1 aliphatic rings. The highest BCUT2D eigenvalue weighted by Gasteiger charge is 2.38. The Hall–Kier alpha value is -3.44. The van der Waals surface area contributed by atoms with Gasteiger partial charge >= 0.3 is 6.18 Å². The van der Waals surface area contributed by atoms with Crippen LogP contribution in [-0.4, -0.2) is 50.4 Å². The standard InChI is InChI=1S/C21H24F3N7O2/c1-2-12-33-19-15(4-3-9-25-19)13-26-18(32)14-7-10-30(11-8-14)17-6-5-16-27-28-20(21(22,23)24)31(16)29-17/h3-6,9,14H,2,7-8,10-13H2,1H3,(H,26,32). The molecule has 0 unspecified atom stereocenters. The Morgan fingerprint density at radius 1 is 1.21 bits per heavy atom. The first-order valence-corrected chi connectivity index (χ1v) is 10.8. The maximum Gasteiger partial charge on any atom is 0.453 e. The van der Waals surface area contributed by atoms with E-state index in [2.05, 4.69) is 25.6 Å². The van der Waals surface area contributed by atoms with E-state index in [-0.39, 0.29) is 17.5 Å². The number of piperidine rings is 1. The molecule has 4 rings (SSSR count). The molecular weight excluding hydrogens is 439 g/mol. The molecule has 9 nitrogen and oxygen atoms in total. The molecule has 1 fully saturated rings. The third-order valence-electron chi connectivity index (χ3n) is 5.44. The Bertz CT molecular complexity index is 1110. The molecule has 1 amide bonds. The van der Waals surface area contributed by atoms with E-state index in [0.29, 0.717) is 55.3 Å². The number of carbonyl (C=O) groups is 1. The lowest BCUT2D eigenvalue weighted by Crippen LogP contribution is -2.40. The van der Waals surface area contributed by atoms with Crippen molar-refractivity contribution in [2.45, 2.75) is 38.9 Å². The average Bonchev–Trinajstić information content (AvgIpc) is 3.26. The van der Waals surface area contributed by atoms with Crippen LogP contribution in [0.25, 0.3) is 5.65 Å². The summed E-state index contributed by atoms with van der Waals surface area (Å²) >= 11 is 0. The molecule has 3 aromatic rings. The number of hydrogen-bond acceptors (Lipinski definition) is 7. The van der Waals surface area contributed by atoms with Crippen LogP contribution in [-0.2, 0) is 17.5 Å². The van der Waals surface area contributed by atoms with Gasteiger partial charge in [0.2, 0.25) is 11.8 Å². The molecule has 33 heavy (non-hydrogen) atoms. The van der Waals surface area contributed by atoms with Gasteiger partial charge in [0, 0.05) is 37.3 Å². The van der Waals surface area contributed by atoms with E-state index in [4.69, 9.17) is 4.74 Å². The predicted molar refractivity (Wildman–Crippen MR) is 113 cm³/mol. The van der Waals surface area contributed by atoms with Gasteiger partial charge in [0.15, 0.2) is 5.65 Å². The van der Waals surface area contributed by atoms with Crippen LogP contribution < -0.4 is 15.0 Å². The van der Waals surface area contributed by atoms with Crippen LogP contribution in [0.4, 0.5) is 19.0 Å². The van der Waals surface area contributed by atoms with Gasteiger partial charge in [0.1, 0.15) is 5.82 Å². The van der Waals surface area contributed by atoms with E-state index in [1.807, 2.05) is 17.9 Å². The number of carbonyl (C=O) groups excluding carboxylic acids is 1. The second-order valence-electron chi connectivity index (χ2n) is 7.78. The maximum absolute atomic E-state index is 13.1. The first-order valence-electron chi connectivity index (χ1n) is 10.8. The molecule has 0 saturated carbocycles. The molecule has 1 saturated heterocycles. The first kappa shape index (κ1) is 22.7. The fraction of sp³-hybridized carbons (Fsp3) is 0.476. The van der Waals surface area contributed by atoms with Crippen LogP contribution in [0.2, 0.25) is 0 Å². The highest BCUT2D eigenvalue weighted by atomic mass is 19.4. The Balaban J connectivity index is 1.35. The number of ether oxygens (including phenoxy) is 1. The summed E-state index contributed by atoms with van der Waals surface area (Å²) in [5.74, 6) is -0.516. The Kier molecular flexibility index (Phi) is 6.61. The minimum absolute atomic E-state index is 0.0260. The fourth-order valence-electron chi connectivity index (χ4n) is 3.71. The zero-order valence-electron chi connectivity index (χ0n) is 18.0.